The van der Waals surface area contributed by atoms with Gasteiger partial charge in [-0.3, -0.25) is 4.79 Å². The number of nitrogens with one attached hydrogen (secondary N) is 2. The van der Waals surface area contributed by atoms with Crippen LogP contribution in [0, 0.1) is 13.8 Å². The fourth-order valence-electron chi connectivity index (χ4n) is 2.27. The first-order valence-corrected chi connectivity index (χ1v) is 6.40. The molecule has 1 unspecified atom stereocenters. The third-order valence-electron chi connectivity index (χ3n) is 3.10. The number of aryl methyl sites for hydroxylation is 2. The number of rotatable bonds is 3. The van der Waals surface area contributed by atoms with Gasteiger partial charge in [0, 0.05) is 13.1 Å². The summed E-state index contributed by atoms with van der Waals surface area (Å²) < 4.78 is 10.8. The molecule has 2 rings (SSSR count). The van der Waals surface area contributed by atoms with Gasteiger partial charge in [-0.05, 0) is 31.0 Å². The van der Waals surface area contributed by atoms with Crippen molar-refractivity contribution < 1.29 is 14.3 Å². The number of benzene rings is 1. The molecule has 1 aliphatic heterocycles. The van der Waals surface area contributed by atoms with Gasteiger partial charge in [0.15, 0.2) is 0 Å². The van der Waals surface area contributed by atoms with E-state index in [4.69, 9.17) is 9.47 Å². The Morgan fingerprint density at radius 1 is 1.47 bits per heavy atom. The van der Waals surface area contributed by atoms with Crippen LogP contribution in [-0.2, 0) is 9.53 Å². The largest absolute Gasteiger partial charge is 0.494 e. The van der Waals surface area contributed by atoms with E-state index >= 15 is 0 Å². The van der Waals surface area contributed by atoms with E-state index in [-0.39, 0.29) is 5.91 Å². The Labute approximate surface area is 113 Å². The second-order valence-corrected chi connectivity index (χ2v) is 4.72. The maximum absolute atomic E-state index is 12.1. The van der Waals surface area contributed by atoms with Crippen LogP contribution in [0.5, 0.6) is 5.75 Å². The Kier molecular flexibility index (Phi) is 4.39. The molecule has 0 bridgehead atoms. The van der Waals surface area contributed by atoms with Crippen LogP contribution in [0.25, 0.3) is 0 Å². The van der Waals surface area contributed by atoms with Gasteiger partial charge in [-0.1, -0.05) is 6.07 Å². The van der Waals surface area contributed by atoms with E-state index in [0.29, 0.717) is 24.6 Å². The Morgan fingerprint density at radius 2 is 2.26 bits per heavy atom. The van der Waals surface area contributed by atoms with Crippen molar-refractivity contribution in [2.45, 2.75) is 20.0 Å². The lowest BCUT2D eigenvalue weighted by Crippen LogP contribution is -2.45. The lowest BCUT2D eigenvalue weighted by Gasteiger charge is -2.23. The van der Waals surface area contributed by atoms with Gasteiger partial charge in [-0.15, -0.1) is 0 Å². The highest BCUT2D eigenvalue weighted by atomic mass is 16.5. The highest BCUT2D eigenvalue weighted by Crippen LogP contribution is 2.30. The minimum absolute atomic E-state index is 0.143. The Balaban J connectivity index is 2.15. The molecule has 1 heterocycles. The lowest BCUT2D eigenvalue weighted by atomic mass is 10.1. The molecule has 0 aliphatic carbocycles. The number of hydrogen-bond donors (Lipinski definition) is 2. The highest BCUT2D eigenvalue weighted by molar-refractivity contribution is 5.96. The third kappa shape index (κ3) is 3.24. The van der Waals surface area contributed by atoms with Crippen LogP contribution >= 0.6 is 0 Å². The zero-order chi connectivity index (χ0) is 13.8. The number of methoxy groups -OCH3 is 1. The van der Waals surface area contributed by atoms with E-state index in [1.165, 1.54) is 0 Å². The summed E-state index contributed by atoms with van der Waals surface area (Å²) >= 11 is 0. The molecule has 1 aromatic carbocycles. The number of carbonyl (C=O) groups is 1. The third-order valence-corrected chi connectivity index (χ3v) is 3.10. The van der Waals surface area contributed by atoms with Crippen LogP contribution in [-0.4, -0.2) is 38.8 Å². The van der Waals surface area contributed by atoms with Crippen LogP contribution in [0.15, 0.2) is 12.1 Å². The topological polar surface area (TPSA) is 59.6 Å². The van der Waals surface area contributed by atoms with Gasteiger partial charge in [0.05, 0.1) is 19.4 Å². The van der Waals surface area contributed by atoms with Gasteiger partial charge in [0.1, 0.15) is 11.9 Å². The summed E-state index contributed by atoms with van der Waals surface area (Å²) in [6, 6.07) is 3.92. The second kappa shape index (κ2) is 6.04. The molecule has 1 atom stereocenters. The van der Waals surface area contributed by atoms with Crippen LogP contribution in [0.1, 0.15) is 11.1 Å². The number of morpholine rings is 1. The maximum Gasteiger partial charge on any atom is 0.254 e. The molecule has 0 spiro atoms. The van der Waals surface area contributed by atoms with Gasteiger partial charge in [-0.2, -0.15) is 0 Å². The summed E-state index contributed by atoms with van der Waals surface area (Å²) in [6.45, 7) is 5.83. The SMILES string of the molecule is COc1c(C)cc(C)cc1NC(=O)C1CNCCO1. The summed E-state index contributed by atoms with van der Waals surface area (Å²) in [6.07, 6.45) is -0.445. The normalized spacial score (nSPS) is 19.0. The van der Waals surface area contributed by atoms with Gasteiger partial charge in [0.25, 0.3) is 5.91 Å². The molecule has 5 nitrogen and oxygen atoms in total. The molecule has 0 aromatic heterocycles. The van der Waals surface area contributed by atoms with Crippen molar-refractivity contribution in [2.75, 3.05) is 32.1 Å². The first-order valence-electron chi connectivity index (χ1n) is 6.40. The van der Waals surface area contributed by atoms with E-state index in [2.05, 4.69) is 10.6 Å². The molecular weight excluding hydrogens is 244 g/mol. The first-order chi connectivity index (χ1) is 9.11. The van der Waals surface area contributed by atoms with Gasteiger partial charge in [0.2, 0.25) is 0 Å². The Morgan fingerprint density at radius 3 is 2.89 bits per heavy atom. The minimum atomic E-state index is -0.445. The summed E-state index contributed by atoms with van der Waals surface area (Å²) in [5, 5.41) is 6.02. The van der Waals surface area contributed by atoms with E-state index < -0.39 is 6.10 Å². The van der Waals surface area contributed by atoms with Crippen molar-refractivity contribution in [1.29, 1.82) is 0 Å². The maximum atomic E-state index is 12.1. The van der Waals surface area contributed by atoms with Crippen molar-refractivity contribution >= 4 is 11.6 Å². The van der Waals surface area contributed by atoms with E-state index in [1.807, 2.05) is 26.0 Å². The predicted octanol–water partition coefficient (Wildman–Crippen LogP) is 1.24. The summed E-state index contributed by atoms with van der Waals surface area (Å²) in [5.41, 5.74) is 2.77. The zero-order valence-corrected chi connectivity index (χ0v) is 11.6. The average Bonchev–Trinajstić information content (AvgIpc) is 2.39. The second-order valence-electron chi connectivity index (χ2n) is 4.72. The fourth-order valence-corrected chi connectivity index (χ4v) is 2.27. The number of carbonyl (C=O) groups excluding carboxylic acids is 1. The van der Waals surface area contributed by atoms with Crippen molar-refractivity contribution in [3.8, 4) is 5.75 Å². The number of hydrogen-bond acceptors (Lipinski definition) is 4. The lowest BCUT2D eigenvalue weighted by molar-refractivity contribution is -0.128. The van der Waals surface area contributed by atoms with Crippen molar-refractivity contribution in [3.05, 3.63) is 23.3 Å². The summed E-state index contributed by atoms with van der Waals surface area (Å²) in [5.74, 6) is 0.554. The Hall–Kier alpha value is -1.59. The van der Waals surface area contributed by atoms with Crippen molar-refractivity contribution in [3.63, 3.8) is 0 Å². The molecule has 19 heavy (non-hydrogen) atoms. The monoisotopic (exact) mass is 264 g/mol. The first kappa shape index (κ1) is 13.8. The molecule has 104 valence electrons. The highest BCUT2D eigenvalue weighted by Gasteiger charge is 2.23. The van der Waals surface area contributed by atoms with Crippen molar-refractivity contribution in [2.24, 2.45) is 0 Å². The smallest absolute Gasteiger partial charge is 0.254 e. The number of ether oxygens (including phenoxy) is 2. The number of anilines is 1. The van der Waals surface area contributed by atoms with Crippen LogP contribution in [0.3, 0.4) is 0 Å². The molecule has 1 aliphatic rings. The molecule has 1 saturated heterocycles. The van der Waals surface area contributed by atoms with Gasteiger partial charge < -0.3 is 20.1 Å². The molecule has 2 N–H and O–H groups in total. The van der Waals surface area contributed by atoms with Crippen LogP contribution in [0.4, 0.5) is 5.69 Å². The zero-order valence-electron chi connectivity index (χ0n) is 11.6. The molecule has 0 saturated carbocycles. The quantitative estimate of drug-likeness (QED) is 0.862. The summed E-state index contributed by atoms with van der Waals surface area (Å²) in [7, 11) is 1.60. The van der Waals surface area contributed by atoms with Gasteiger partial charge in [-0.25, -0.2) is 0 Å². The van der Waals surface area contributed by atoms with E-state index in [9.17, 15) is 4.79 Å². The molecule has 1 fully saturated rings. The molecule has 1 amide bonds. The summed E-state index contributed by atoms with van der Waals surface area (Å²) in [4.78, 5) is 12.1. The molecule has 0 radical (unpaired) electrons. The predicted molar refractivity (Wildman–Crippen MR) is 73.7 cm³/mol. The number of amides is 1. The average molecular weight is 264 g/mol. The molecular formula is C14H20N2O3. The Bertz CT molecular complexity index is 468. The van der Waals surface area contributed by atoms with E-state index in [1.54, 1.807) is 7.11 Å². The standard InChI is InChI=1S/C14H20N2O3/c1-9-6-10(2)13(18-3)11(7-9)16-14(17)12-8-15-4-5-19-12/h6-7,12,15H,4-5,8H2,1-3H3,(H,16,17). The van der Waals surface area contributed by atoms with E-state index in [0.717, 1.165) is 17.7 Å². The fraction of sp³-hybridized carbons (Fsp3) is 0.500. The van der Waals surface area contributed by atoms with Crippen LogP contribution < -0.4 is 15.4 Å². The van der Waals surface area contributed by atoms with Crippen molar-refractivity contribution in [1.82, 2.24) is 5.32 Å². The van der Waals surface area contributed by atoms with Crippen LogP contribution in [0.2, 0.25) is 0 Å². The van der Waals surface area contributed by atoms with Gasteiger partial charge >= 0.3 is 0 Å². The molecule has 5 heteroatoms. The molecule has 1 aromatic rings. The minimum Gasteiger partial charge on any atom is -0.494 e.